The van der Waals surface area contributed by atoms with E-state index in [-0.39, 0.29) is 0 Å². The Balaban J connectivity index is 2.02. The first-order valence-electron chi connectivity index (χ1n) is 7.14. The molecule has 0 saturated heterocycles. The van der Waals surface area contributed by atoms with E-state index >= 15 is 0 Å². The quantitative estimate of drug-likeness (QED) is 0.490. The third-order valence-electron chi connectivity index (χ3n) is 4.73. The van der Waals surface area contributed by atoms with E-state index in [9.17, 15) is 0 Å². The summed E-state index contributed by atoms with van der Waals surface area (Å²) >= 11 is 9.26. The summed E-state index contributed by atoms with van der Waals surface area (Å²) in [5.41, 5.74) is 0.969. The molecule has 0 unspecified atom stereocenters. The van der Waals surface area contributed by atoms with E-state index in [1.807, 2.05) is 11.3 Å². The standard InChI is InChI=1S/C16H24Br2S/c1-15(2,3)12-4-6-16(11-17,7-5-12)9-14-8-13(18)10-19-14/h8,10,12H,4-7,9,11H2,1-3H3. The van der Waals surface area contributed by atoms with E-state index in [0.717, 1.165) is 11.2 Å². The Kier molecular flexibility index (Phi) is 5.23. The molecule has 2 rings (SSSR count). The Morgan fingerprint density at radius 2 is 1.95 bits per heavy atom. The lowest BCUT2D eigenvalue weighted by atomic mass is 9.63. The normalized spacial score (nSPS) is 28.6. The lowest BCUT2D eigenvalue weighted by Gasteiger charge is -2.43. The average Bonchev–Trinajstić information content (AvgIpc) is 2.74. The van der Waals surface area contributed by atoms with Crippen LogP contribution in [0.4, 0.5) is 0 Å². The van der Waals surface area contributed by atoms with Gasteiger partial charge in [-0.15, -0.1) is 11.3 Å². The first-order chi connectivity index (χ1) is 8.85. The van der Waals surface area contributed by atoms with Gasteiger partial charge >= 0.3 is 0 Å². The van der Waals surface area contributed by atoms with Crippen molar-refractivity contribution in [3.05, 3.63) is 20.8 Å². The summed E-state index contributed by atoms with van der Waals surface area (Å²) in [5, 5.41) is 3.35. The molecule has 0 aromatic carbocycles. The van der Waals surface area contributed by atoms with Crippen LogP contribution >= 0.6 is 43.2 Å². The number of thiophene rings is 1. The minimum Gasteiger partial charge on any atom is -0.148 e. The largest absolute Gasteiger partial charge is 0.148 e. The Labute approximate surface area is 138 Å². The van der Waals surface area contributed by atoms with Crippen LogP contribution in [-0.2, 0) is 6.42 Å². The van der Waals surface area contributed by atoms with E-state index in [2.05, 4.69) is 64.1 Å². The fourth-order valence-corrected chi connectivity index (χ4v) is 5.65. The van der Waals surface area contributed by atoms with Crippen molar-refractivity contribution in [2.45, 2.75) is 52.9 Å². The number of halogens is 2. The van der Waals surface area contributed by atoms with Gasteiger partial charge in [-0.25, -0.2) is 0 Å². The highest BCUT2D eigenvalue weighted by Crippen LogP contribution is 2.48. The van der Waals surface area contributed by atoms with Gasteiger partial charge in [0, 0.05) is 20.1 Å². The van der Waals surface area contributed by atoms with E-state index in [0.29, 0.717) is 10.8 Å². The van der Waals surface area contributed by atoms with Crippen molar-refractivity contribution in [1.82, 2.24) is 0 Å². The Morgan fingerprint density at radius 1 is 1.32 bits per heavy atom. The molecule has 1 saturated carbocycles. The summed E-state index contributed by atoms with van der Waals surface area (Å²) in [6.07, 6.45) is 6.76. The molecule has 0 nitrogen and oxygen atoms in total. The molecule has 0 atom stereocenters. The molecule has 1 aromatic heterocycles. The van der Waals surface area contributed by atoms with Crippen LogP contribution in [0.1, 0.15) is 51.3 Å². The third kappa shape index (κ3) is 4.07. The van der Waals surface area contributed by atoms with Crippen molar-refractivity contribution in [2.75, 3.05) is 5.33 Å². The Hall–Kier alpha value is 0.660. The number of hydrogen-bond acceptors (Lipinski definition) is 1. The highest BCUT2D eigenvalue weighted by Gasteiger charge is 2.38. The van der Waals surface area contributed by atoms with Crippen molar-refractivity contribution in [3.63, 3.8) is 0 Å². The SMILES string of the molecule is CC(C)(C)C1CCC(CBr)(Cc2cc(Br)cs2)CC1. The fraction of sp³-hybridized carbons (Fsp3) is 0.750. The number of rotatable bonds is 3. The molecule has 0 spiro atoms. The predicted molar refractivity (Wildman–Crippen MR) is 93.4 cm³/mol. The van der Waals surface area contributed by atoms with Crippen molar-refractivity contribution in [3.8, 4) is 0 Å². The highest BCUT2D eigenvalue weighted by atomic mass is 79.9. The van der Waals surface area contributed by atoms with Gasteiger partial charge in [-0.05, 0) is 70.8 Å². The van der Waals surface area contributed by atoms with E-state index in [1.54, 1.807) is 0 Å². The molecule has 0 radical (unpaired) electrons. The minimum atomic E-state index is 0.477. The monoisotopic (exact) mass is 406 g/mol. The molecule has 1 aromatic rings. The molecule has 0 N–H and O–H groups in total. The van der Waals surface area contributed by atoms with Gasteiger partial charge in [0.25, 0.3) is 0 Å². The second kappa shape index (κ2) is 6.19. The second-order valence-corrected chi connectivity index (χ2v) is 9.65. The molecule has 1 aliphatic carbocycles. The maximum absolute atomic E-state index is 3.80. The van der Waals surface area contributed by atoms with Crippen LogP contribution < -0.4 is 0 Å². The van der Waals surface area contributed by atoms with E-state index < -0.39 is 0 Å². The van der Waals surface area contributed by atoms with Gasteiger partial charge in [0.1, 0.15) is 0 Å². The van der Waals surface area contributed by atoms with Crippen molar-refractivity contribution < 1.29 is 0 Å². The summed E-state index contributed by atoms with van der Waals surface area (Å²) in [6.45, 7) is 7.19. The highest BCUT2D eigenvalue weighted by molar-refractivity contribution is 9.10. The van der Waals surface area contributed by atoms with Crippen LogP contribution in [0.25, 0.3) is 0 Å². The van der Waals surface area contributed by atoms with Crippen LogP contribution in [0.2, 0.25) is 0 Å². The van der Waals surface area contributed by atoms with Gasteiger partial charge in [-0.1, -0.05) is 36.7 Å². The van der Waals surface area contributed by atoms with Crippen LogP contribution in [0.3, 0.4) is 0 Å². The van der Waals surface area contributed by atoms with Gasteiger partial charge in [0.2, 0.25) is 0 Å². The maximum Gasteiger partial charge on any atom is 0.0285 e. The van der Waals surface area contributed by atoms with Crippen LogP contribution in [0.5, 0.6) is 0 Å². The number of hydrogen-bond donors (Lipinski definition) is 0. The van der Waals surface area contributed by atoms with Gasteiger partial charge in [-0.2, -0.15) is 0 Å². The molecule has 0 bridgehead atoms. The minimum absolute atomic E-state index is 0.477. The summed E-state index contributed by atoms with van der Waals surface area (Å²) in [4.78, 5) is 1.53. The lowest BCUT2D eigenvalue weighted by Crippen LogP contribution is -2.35. The second-order valence-electron chi connectivity index (χ2n) is 7.18. The Morgan fingerprint density at radius 3 is 2.37 bits per heavy atom. The summed E-state index contributed by atoms with van der Waals surface area (Å²) in [5.74, 6) is 0.898. The van der Waals surface area contributed by atoms with Crippen molar-refractivity contribution >= 4 is 43.2 Å². The maximum atomic E-state index is 3.80. The zero-order valence-electron chi connectivity index (χ0n) is 12.1. The van der Waals surface area contributed by atoms with Crippen LogP contribution in [0.15, 0.2) is 15.9 Å². The zero-order chi connectivity index (χ0) is 14.1. The van der Waals surface area contributed by atoms with Crippen molar-refractivity contribution in [2.24, 2.45) is 16.7 Å². The molecule has 0 amide bonds. The summed E-state index contributed by atoms with van der Waals surface area (Å²) in [6, 6.07) is 2.30. The molecular weight excluding hydrogens is 384 g/mol. The zero-order valence-corrected chi connectivity index (χ0v) is 16.1. The molecule has 1 aliphatic rings. The molecular formula is C16H24Br2S. The first kappa shape index (κ1) is 16.0. The molecule has 19 heavy (non-hydrogen) atoms. The number of alkyl halides is 1. The van der Waals surface area contributed by atoms with Crippen LogP contribution in [0, 0.1) is 16.7 Å². The topological polar surface area (TPSA) is 0 Å². The van der Waals surface area contributed by atoms with E-state index in [1.165, 1.54) is 41.5 Å². The molecule has 3 heteroatoms. The molecule has 1 fully saturated rings. The smallest absolute Gasteiger partial charge is 0.0285 e. The van der Waals surface area contributed by atoms with Crippen molar-refractivity contribution in [1.29, 1.82) is 0 Å². The fourth-order valence-electron chi connectivity index (χ4n) is 3.27. The molecule has 1 heterocycles. The molecule has 0 aliphatic heterocycles. The lowest BCUT2D eigenvalue weighted by molar-refractivity contribution is 0.104. The first-order valence-corrected chi connectivity index (χ1v) is 9.93. The average molecular weight is 408 g/mol. The van der Waals surface area contributed by atoms with Gasteiger partial charge in [-0.3, -0.25) is 0 Å². The summed E-state index contributed by atoms with van der Waals surface area (Å²) in [7, 11) is 0. The Bertz CT molecular complexity index is 409. The van der Waals surface area contributed by atoms with Gasteiger partial charge < -0.3 is 0 Å². The predicted octanol–water partition coefficient (Wildman–Crippen LogP) is 6.67. The summed E-state index contributed by atoms with van der Waals surface area (Å²) < 4.78 is 1.24. The van der Waals surface area contributed by atoms with Gasteiger partial charge in [0.05, 0.1) is 0 Å². The van der Waals surface area contributed by atoms with E-state index in [4.69, 9.17) is 0 Å². The molecule has 108 valence electrons. The third-order valence-corrected chi connectivity index (χ3v) is 7.61. The van der Waals surface area contributed by atoms with Crippen LogP contribution in [-0.4, -0.2) is 5.33 Å². The van der Waals surface area contributed by atoms with Gasteiger partial charge in [0.15, 0.2) is 0 Å².